The molecule has 0 aromatic carbocycles. The molecule has 1 saturated heterocycles. The van der Waals surface area contributed by atoms with Gasteiger partial charge in [-0.3, -0.25) is 4.68 Å². The SMILES string of the molecule is Cc1nn(C)c(C)c1-c1ccnc(N[C@H]2CCCN(C)C2)n1. The number of rotatable bonds is 3. The average Bonchev–Trinajstić information content (AvgIpc) is 2.72. The summed E-state index contributed by atoms with van der Waals surface area (Å²) >= 11 is 0. The predicted molar refractivity (Wildman–Crippen MR) is 87.8 cm³/mol. The largest absolute Gasteiger partial charge is 0.350 e. The summed E-state index contributed by atoms with van der Waals surface area (Å²) in [5.41, 5.74) is 4.17. The number of anilines is 1. The number of nitrogens with one attached hydrogen (secondary N) is 1. The van der Waals surface area contributed by atoms with E-state index in [9.17, 15) is 0 Å². The fraction of sp³-hybridized carbons (Fsp3) is 0.562. The Labute approximate surface area is 131 Å². The number of hydrogen-bond donors (Lipinski definition) is 1. The zero-order valence-corrected chi connectivity index (χ0v) is 13.8. The first-order chi connectivity index (χ1) is 10.5. The summed E-state index contributed by atoms with van der Waals surface area (Å²) in [4.78, 5) is 11.4. The van der Waals surface area contributed by atoms with Gasteiger partial charge in [-0.2, -0.15) is 5.10 Å². The van der Waals surface area contributed by atoms with Gasteiger partial charge < -0.3 is 10.2 Å². The second-order valence-electron chi connectivity index (χ2n) is 6.18. The third-order valence-corrected chi connectivity index (χ3v) is 4.38. The van der Waals surface area contributed by atoms with Crippen LogP contribution < -0.4 is 5.32 Å². The third-order valence-electron chi connectivity index (χ3n) is 4.38. The lowest BCUT2D eigenvalue weighted by molar-refractivity contribution is 0.260. The van der Waals surface area contributed by atoms with Crippen LogP contribution in [-0.4, -0.2) is 50.8 Å². The maximum Gasteiger partial charge on any atom is 0.223 e. The molecule has 3 rings (SSSR count). The highest BCUT2D eigenvalue weighted by molar-refractivity contribution is 5.65. The number of piperidine rings is 1. The molecular weight excluding hydrogens is 276 g/mol. The molecule has 2 aromatic heterocycles. The van der Waals surface area contributed by atoms with Crippen molar-refractivity contribution in [3.05, 3.63) is 23.7 Å². The Hall–Kier alpha value is -1.95. The van der Waals surface area contributed by atoms with Gasteiger partial charge in [-0.15, -0.1) is 0 Å². The van der Waals surface area contributed by atoms with Crippen LogP contribution >= 0.6 is 0 Å². The van der Waals surface area contributed by atoms with Crippen molar-refractivity contribution in [3.63, 3.8) is 0 Å². The van der Waals surface area contributed by atoms with E-state index in [1.165, 1.54) is 19.4 Å². The monoisotopic (exact) mass is 300 g/mol. The van der Waals surface area contributed by atoms with Crippen molar-refractivity contribution in [2.24, 2.45) is 7.05 Å². The summed E-state index contributed by atoms with van der Waals surface area (Å²) < 4.78 is 1.90. The zero-order valence-electron chi connectivity index (χ0n) is 13.8. The molecule has 1 fully saturated rings. The van der Waals surface area contributed by atoms with E-state index < -0.39 is 0 Å². The summed E-state index contributed by atoms with van der Waals surface area (Å²) in [6.07, 6.45) is 4.21. The Kier molecular flexibility index (Phi) is 4.11. The molecule has 1 aliphatic heterocycles. The Morgan fingerprint density at radius 2 is 2.09 bits per heavy atom. The minimum absolute atomic E-state index is 0.421. The van der Waals surface area contributed by atoms with E-state index in [1.54, 1.807) is 0 Å². The molecule has 0 amide bonds. The molecular formula is C16H24N6. The minimum atomic E-state index is 0.421. The lowest BCUT2D eigenvalue weighted by Crippen LogP contribution is -2.40. The van der Waals surface area contributed by atoms with Gasteiger partial charge in [0, 0.05) is 37.1 Å². The van der Waals surface area contributed by atoms with Gasteiger partial charge in [0.05, 0.1) is 11.4 Å². The zero-order chi connectivity index (χ0) is 15.7. The highest BCUT2D eigenvalue weighted by Crippen LogP contribution is 2.25. The van der Waals surface area contributed by atoms with Crippen molar-refractivity contribution < 1.29 is 0 Å². The molecule has 1 N–H and O–H groups in total. The molecule has 118 valence electrons. The standard InChI is InChI=1S/C16H24N6/c1-11-15(12(2)22(4)20-11)14-7-8-17-16(19-14)18-13-6-5-9-21(3)10-13/h7-8,13H,5-6,9-10H2,1-4H3,(H,17,18,19)/t13-/m0/s1. The fourth-order valence-corrected chi connectivity index (χ4v) is 3.18. The van der Waals surface area contributed by atoms with Crippen LogP contribution in [0.15, 0.2) is 12.3 Å². The minimum Gasteiger partial charge on any atom is -0.350 e. The van der Waals surface area contributed by atoms with Gasteiger partial charge in [0.1, 0.15) is 0 Å². The van der Waals surface area contributed by atoms with Gasteiger partial charge in [0.2, 0.25) is 5.95 Å². The number of aryl methyl sites for hydroxylation is 2. The maximum absolute atomic E-state index is 4.70. The van der Waals surface area contributed by atoms with Crippen molar-refractivity contribution in [1.82, 2.24) is 24.6 Å². The van der Waals surface area contributed by atoms with Gasteiger partial charge in [0.15, 0.2) is 0 Å². The van der Waals surface area contributed by atoms with Crippen LogP contribution in [0.1, 0.15) is 24.2 Å². The van der Waals surface area contributed by atoms with Gasteiger partial charge in [-0.25, -0.2) is 9.97 Å². The topological polar surface area (TPSA) is 58.9 Å². The van der Waals surface area contributed by atoms with Crippen LogP contribution in [0.5, 0.6) is 0 Å². The van der Waals surface area contributed by atoms with Gasteiger partial charge in [0.25, 0.3) is 0 Å². The summed E-state index contributed by atoms with van der Waals surface area (Å²) in [6.45, 7) is 6.31. The Bertz CT molecular complexity index is 663. The molecule has 6 nitrogen and oxygen atoms in total. The maximum atomic E-state index is 4.70. The molecule has 6 heteroatoms. The molecule has 0 bridgehead atoms. The third kappa shape index (κ3) is 2.97. The van der Waals surface area contributed by atoms with E-state index in [0.717, 1.165) is 29.2 Å². The van der Waals surface area contributed by atoms with Gasteiger partial charge >= 0.3 is 0 Å². The lowest BCUT2D eigenvalue weighted by Gasteiger charge is -2.30. The molecule has 0 radical (unpaired) electrons. The molecule has 3 heterocycles. The average molecular weight is 300 g/mol. The van der Waals surface area contributed by atoms with Crippen LogP contribution in [0.2, 0.25) is 0 Å². The summed E-state index contributed by atoms with van der Waals surface area (Å²) in [7, 11) is 4.12. The predicted octanol–water partition coefficient (Wildman–Crippen LogP) is 2.00. The van der Waals surface area contributed by atoms with Crippen LogP contribution in [0, 0.1) is 13.8 Å². The number of nitrogens with zero attached hydrogens (tertiary/aromatic N) is 5. The number of aromatic nitrogens is 4. The molecule has 1 aliphatic rings. The summed E-state index contributed by atoms with van der Waals surface area (Å²) in [5, 5.41) is 7.95. The first kappa shape index (κ1) is 15.0. The van der Waals surface area contributed by atoms with Gasteiger partial charge in [-0.1, -0.05) is 0 Å². The van der Waals surface area contributed by atoms with E-state index >= 15 is 0 Å². The van der Waals surface area contributed by atoms with E-state index in [-0.39, 0.29) is 0 Å². The molecule has 0 saturated carbocycles. The Balaban J connectivity index is 1.83. The van der Waals surface area contributed by atoms with E-state index in [1.807, 2.05) is 30.9 Å². The van der Waals surface area contributed by atoms with Crippen molar-refractivity contribution >= 4 is 5.95 Å². The van der Waals surface area contributed by atoms with Crippen LogP contribution in [0.25, 0.3) is 11.3 Å². The normalized spacial score (nSPS) is 19.4. The molecule has 0 spiro atoms. The van der Waals surface area contributed by atoms with E-state index in [2.05, 4.69) is 34.3 Å². The highest BCUT2D eigenvalue weighted by atomic mass is 15.3. The van der Waals surface area contributed by atoms with Crippen molar-refractivity contribution in [2.75, 3.05) is 25.5 Å². The second kappa shape index (κ2) is 6.04. The van der Waals surface area contributed by atoms with Crippen LogP contribution in [-0.2, 0) is 7.05 Å². The molecule has 22 heavy (non-hydrogen) atoms. The number of hydrogen-bond acceptors (Lipinski definition) is 5. The number of likely N-dealkylation sites (N-methyl/N-ethyl adjacent to an activating group) is 1. The molecule has 0 unspecified atom stereocenters. The molecule has 0 aliphatic carbocycles. The lowest BCUT2D eigenvalue weighted by atomic mass is 10.1. The van der Waals surface area contributed by atoms with Crippen LogP contribution in [0.3, 0.4) is 0 Å². The summed E-state index contributed by atoms with van der Waals surface area (Å²) in [6, 6.07) is 2.37. The smallest absolute Gasteiger partial charge is 0.223 e. The first-order valence-electron chi connectivity index (χ1n) is 7.83. The fourth-order valence-electron chi connectivity index (χ4n) is 3.18. The highest BCUT2D eigenvalue weighted by Gasteiger charge is 2.18. The first-order valence-corrected chi connectivity index (χ1v) is 7.83. The second-order valence-corrected chi connectivity index (χ2v) is 6.18. The van der Waals surface area contributed by atoms with Crippen molar-refractivity contribution in [2.45, 2.75) is 32.7 Å². The quantitative estimate of drug-likeness (QED) is 0.939. The van der Waals surface area contributed by atoms with Gasteiger partial charge in [-0.05, 0) is 46.3 Å². The van der Waals surface area contributed by atoms with E-state index in [4.69, 9.17) is 4.98 Å². The number of likely N-dealkylation sites (tertiary alicyclic amines) is 1. The van der Waals surface area contributed by atoms with E-state index in [0.29, 0.717) is 12.0 Å². The molecule has 2 aromatic rings. The summed E-state index contributed by atoms with van der Waals surface area (Å²) in [5.74, 6) is 0.709. The Morgan fingerprint density at radius 3 is 2.77 bits per heavy atom. The van der Waals surface area contributed by atoms with Crippen molar-refractivity contribution in [3.8, 4) is 11.3 Å². The molecule has 1 atom stereocenters. The van der Waals surface area contributed by atoms with Crippen LogP contribution in [0.4, 0.5) is 5.95 Å². The Morgan fingerprint density at radius 1 is 1.27 bits per heavy atom. The van der Waals surface area contributed by atoms with Crippen molar-refractivity contribution in [1.29, 1.82) is 0 Å².